The van der Waals surface area contributed by atoms with E-state index in [-0.39, 0.29) is 78.8 Å². The number of carbonyl (C=O) groups is 3. The van der Waals surface area contributed by atoms with E-state index in [0.29, 0.717) is 11.0 Å². The first kappa shape index (κ1) is 47.7. The molecule has 13 nitrogen and oxygen atoms in total. The number of pyridine rings is 2. The smallest absolute Gasteiger partial charge is 0.358 e. The lowest BCUT2D eigenvalue weighted by Gasteiger charge is -2.20. The van der Waals surface area contributed by atoms with Crippen molar-refractivity contribution < 1.29 is 51.6 Å². The van der Waals surface area contributed by atoms with E-state index >= 15 is 0 Å². The molecule has 0 spiro atoms. The molecule has 0 amide bonds. The molecule has 0 aliphatic heterocycles. The third kappa shape index (κ3) is 13.0. The van der Waals surface area contributed by atoms with Crippen LogP contribution in [0, 0.1) is 11.6 Å². The van der Waals surface area contributed by atoms with Gasteiger partial charge in [-0.25, -0.2) is 18.4 Å². The van der Waals surface area contributed by atoms with Crippen LogP contribution in [0.25, 0.3) is 0 Å². The van der Waals surface area contributed by atoms with E-state index in [1.165, 1.54) is 38.2 Å². The molecule has 0 fully saturated rings. The topological polar surface area (TPSA) is 151 Å². The lowest BCUT2D eigenvalue weighted by molar-refractivity contribution is 0.0558. The van der Waals surface area contributed by atoms with Crippen LogP contribution in [0.5, 0.6) is 11.5 Å². The lowest BCUT2D eigenvalue weighted by Crippen LogP contribution is -2.29. The maximum Gasteiger partial charge on any atom is 0.358 e. The molecule has 2 atom stereocenters. The molecule has 324 valence electrons. The zero-order valence-corrected chi connectivity index (χ0v) is 36.2. The van der Waals surface area contributed by atoms with E-state index in [9.17, 15) is 32.8 Å². The van der Waals surface area contributed by atoms with E-state index in [1.807, 2.05) is 43.3 Å². The number of Topliss-reactive ketones (excluding diaryl/α,β-unsaturated/α-hetero) is 1. The average Bonchev–Trinajstić information content (AvgIpc) is 3.26. The number of methoxy groups -OCH3 is 4. The number of aryl methyl sites for hydroxylation is 1. The Morgan fingerprint density at radius 3 is 1.61 bits per heavy atom. The van der Waals surface area contributed by atoms with Crippen molar-refractivity contribution in [3.8, 4) is 11.5 Å². The van der Waals surface area contributed by atoms with Crippen LogP contribution in [-0.2, 0) is 51.7 Å². The molecule has 0 radical (unpaired) electrons. The number of ketones is 1. The van der Waals surface area contributed by atoms with Crippen molar-refractivity contribution in [1.82, 2.24) is 9.13 Å². The number of ether oxygens (including phenoxy) is 6. The SMILES string of the molecule is COC(=O)c1c(OCc2ccccc2)c(=O)c(Br)cn1CC(C)OC.COC(=O)c1c(OCc2ccccc2)c(=O)c(C(=O)CCc2ccc(F)cc2F)cn1CC(C)OC. The molecule has 0 saturated heterocycles. The number of hydrogen-bond donors (Lipinski definition) is 0. The predicted molar refractivity (Wildman–Crippen MR) is 225 cm³/mol. The van der Waals surface area contributed by atoms with Crippen LogP contribution in [0.1, 0.15) is 68.3 Å². The molecular weight excluding hydrogens is 862 g/mol. The van der Waals surface area contributed by atoms with Gasteiger partial charge in [-0.1, -0.05) is 66.7 Å². The molecular formula is C45H47BrF2N2O11. The van der Waals surface area contributed by atoms with Crippen molar-refractivity contribution in [2.45, 2.75) is 65.2 Å². The summed E-state index contributed by atoms with van der Waals surface area (Å²) in [4.78, 5) is 64.0. The van der Waals surface area contributed by atoms with Crippen LogP contribution in [-0.4, -0.2) is 67.5 Å². The summed E-state index contributed by atoms with van der Waals surface area (Å²) in [5.41, 5.74) is 0.276. The molecule has 2 heterocycles. The van der Waals surface area contributed by atoms with Gasteiger partial charge in [0.05, 0.1) is 36.5 Å². The lowest BCUT2D eigenvalue weighted by atomic mass is 10.0. The van der Waals surface area contributed by atoms with E-state index in [4.69, 9.17) is 28.4 Å². The standard InChI is InChI=1S/C27H27F2NO6.C18H20BrNO5/c1-17(34-2)14-30-15-21(23(31)12-10-19-9-11-20(28)13-22(19)29)25(32)26(24(30)27(33)35-3)36-16-18-7-5-4-6-8-18;1-12(23-2)9-20-10-14(19)16(21)17(15(20)18(22)24-3)25-11-13-7-5-4-6-8-13/h4-9,11,13,15,17H,10,12,14,16H2,1-3H3;4-8,10,12H,9,11H2,1-3H3. The van der Waals surface area contributed by atoms with Gasteiger partial charge in [-0.15, -0.1) is 0 Å². The summed E-state index contributed by atoms with van der Waals surface area (Å²) in [6.45, 7) is 4.23. The number of halogens is 3. The van der Waals surface area contributed by atoms with Gasteiger partial charge in [-0.3, -0.25) is 14.4 Å². The first-order valence-electron chi connectivity index (χ1n) is 19.0. The highest BCUT2D eigenvalue weighted by Gasteiger charge is 2.28. The van der Waals surface area contributed by atoms with Crippen molar-refractivity contribution in [1.29, 1.82) is 0 Å². The molecule has 61 heavy (non-hydrogen) atoms. The number of aromatic nitrogens is 2. The fraction of sp³-hybridized carbons (Fsp3) is 0.311. The summed E-state index contributed by atoms with van der Waals surface area (Å²) in [7, 11) is 5.50. The Labute approximate surface area is 359 Å². The van der Waals surface area contributed by atoms with Gasteiger partial charge in [0, 0.05) is 52.2 Å². The minimum Gasteiger partial charge on any atom is -0.482 e. The monoisotopic (exact) mass is 908 g/mol. The van der Waals surface area contributed by atoms with Crippen molar-refractivity contribution in [2.24, 2.45) is 0 Å². The van der Waals surface area contributed by atoms with Crippen molar-refractivity contribution >= 4 is 33.7 Å². The molecule has 0 aliphatic carbocycles. The highest BCUT2D eigenvalue weighted by molar-refractivity contribution is 9.10. The third-order valence-electron chi connectivity index (χ3n) is 9.29. The number of rotatable bonds is 18. The van der Waals surface area contributed by atoms with Crippen LogP contribution < -0.4 is 20.3 Å². The number of carbonyl (C=O) groups excluding carboxylic acids is 3. The largest absolute Gasteiger partial charge is 0.482 e. The van der Waals surface area contributed by atoms with Gasteiger partial charge in [0.1, 0.15) is 24.8 Å². The summed E-state index contributed by atoms with van der Waals surface area (Å²) in [6.07, 6.45) is 2.00. The fourth-order valence-corrected chi connectivity index (χ4v) is 6.31. The van der Waals surface area contributed by atoms with Crippen LogP contribution >= 0.6 is 15.9 Å². The summed E-state index contributed by atoms with van der Waals surface area (Å²) in [5, 5.41) is 0. The first-order valence-corrected chi connectivity index (χ1v) is 19.7. The maximum atomic E-state index is 14.0. The van der Waals surface area contributed by atoms with Gasteiger partial charge in [0.2, 0.25) is 10.9 Å². The zero-order chi connectivity index (χ0) is 44.6. The Hall–Kier alpha value is -5.97. The number of benzene rings is 3. The van der Waals surface area contributed by atoms with Gasteiger partial charge in [0.25, 0.3) is 0 Å². The second-order valence-electron chi connectivity index (χ2n) is 13.6. The molecule has 0 bridgehead atoms. The Morgan fingerprint density at radius 2 is 1.15 bits per heavy atom. The Morgan fingerprint density at radius 1 is 0.672 bits per heavy atom. The molecule has 3 aromatic carbocycles. The molecule has 0 N–H and O–H groups in total. The Bertz CT molecular complexity index is 2410. The van der Waals surface area contributed by atoms with E-state index < -0.39 is 40.2 Å². The van der Waals surface area contributed by atoms with E-state index in [1.54, 1.807) is 49.1 Å². The number of hydrogen-bond acceptors (Lipinski definition) is 11. The first-order chi connectivity index (χ1) is 29.2. The Balaban J connectivity index is 0.000000287. The predicted octanol–water partition coefficient (Wildman–Crippen LogP) is 7.35. The normalized spacial score (nSPS) is 11.8. The van der Waals surface area contributed by atoms with Gasteiger partial charge in [-0.05, 0) is 59.0 Å². The van der Waals surface area contributed by atoms with Crippen LogP contribution in [0.3, 0.4) is 0 Å². The minimum absolute atomic E-state index is 0.0294. The molecule has 5 aromatic rings. The number of nitrogens with zero attached hydrogens (tertiary/aromatic N) is 2. The van der Waals surface area contributed by atoms with E-state index in [0.717, 1.165) is 23.3 Å². The summed E-state index contributed by atoms with van der Waals surface area (Å²) < 4.78 is 62.3. The summed E-state index contributed by atoms with van der Waals surface area (Å²) >= 11 is 3.23. The van der Waals surface area contributed by atoms with Crippen LogP contribution in [0.4, 0.5) is 8.78 Å². The van der Waals surface area contributed by atoms with Gasteiger partial charge < -0.3 is 37.6 Å². The summed E-state index contributed by atoms with van der Waals surface area (Å²) in [5.74, 6) is -3.91. The molecule has 16 heteroatoms. The van der Waals surface area contributed by atoms with Crippen molar-refractivity contribution in [2.75, 3.05) is 28.4 Å². The molecule has 0 saturated carbocycles. The van der Waals surface area contributed by atoms with Gasteiger partial charge in [0.15, 0.2) is 28.7 Å². The highest BCUT2D eigenvalue weighted by atomic mass is 79.9. The van der Waals surface area contributed by atoms with Crippen LogP contribution in [0.2, 0.25) is 0 Å². The molecule has 2 aromatic heterocycles. The number of esters is 2. The molecule has 5 rings (SSSR count). The zero-order valence-electron chi connectivity index (χ0n) is 34.6. The van der Waals surface area contributed by atoms with Crippen molar-refractivity contribution in [3.05, 3.63) is 161 Å². The quantitative estimate of drug-likeness (QED) is 0.0642. The third-order valence-corrected chi connectivity index (χ3v) is 9.86. The second-order valence-corrected chi connectivity index (χ2v) is 14.5. The maximum absolute atomic E-state index is 14.0. The molecule has 2 unspecified atom stereocenters. The van der Waals surface area contributed by atoms with E-state index in [2.05, 4.69) is 15.9 Å². The minimum atomic E-state index is -0.814. The van der Waals surface area contributed by atoms with Gasteiger partial charge >= 0.3 is 11.9 Å². The van der Waals surface area contributed by atoms with Crippen molar-refractivity contribution in [3.63, 3.8) is 0 Å². The molecule has 0 aliphatic rings. The highest BCUT2D eigenvalue weighted by Crippen LogP contribution is 2.23. The Kier molecular flexibility index (Phi) is 18.1. The average molecular weight is 910 g/mol. The van der Waals surface area contributed by atoms with Crippen LogP contribution in [0.15, 0.2) is 105 Å². The second kappa shape index (κ2) is 23.1. The van der Waals surface area contributed by atoms with Gasteiger partial charge in [-0.2, -0.15) is 0 Å². The fourth-order valence-electron chi connectivity index (χ4n) is 5.88. The summed E-state index contributed by atoms with van der Waals surface area (Å²) in [6, 6.07) is 21.5.